The minimum Gasteiger partial charge on any atom is -0.462 e. The molecule has 2 N–H and O–H groups in total. The Balaban J connectivity index is 4.66. The molecule has 326 valence electrons. The predicted octanol–water partition coefficient (Wildman–Crippen LogP) is 11.0. The standard InChI is InChI=1S/C46H78NO9P/c1-6-8-10-12-14-16-17-18-19-20-21-23-25-29-33-37-45(49)53-41-44(42-55-57(51,52)54-40-39-47(3,4)5)56-46(50)38-34-30-26-28-32-36-43(48)35-31-27-24-22-15-13-11-9-7-2/h14-16,18-19,21-23,26-28,31-32,36,43-44,48H,6-13,17,20,24-25,29-30,33-35,37-42H2,1-5H3/p+1/b16-14-,19-18-,22-15-,23-21-,28-26+,31-27-,36-32-/t43?,44-/m1/s1. The second kappa shape index (κ2) is 37.4. The molecule has 0 aliphatic carbocycles. The van der Waals surface area contributed by atoms with Crippen molar-refractivity contribution >= 4 is 19.8 Å². The van der Waals surface area contributed by atoms with Crippen LogP contribution in [0.25, 0.3) is 0 Å². The molecule has 3 atom stereocenters. The van der Waals surface area contributed by atoms with Gasteiger partial charge < -0.3 is 24.0 Å². The van der Waals surface area contributed by atoms with Gasteiger partial charge in [-0.05, 0) is 83.5 Å². The van der Waals surface area contributed by atoms with Crippen molar-refractivity contribution in [1.82, 2.24) is 0 Å². The minimum absolute atomic E-state index is 0.00466. The molecule has 0 aliphatic heterocycles. The fraction of sp³-hybridized carbons (Fsp3) is 0.652. The van der Waals surface area contributed by atoms with Crippen molar-refractivity contribution in [2.75, 3.05) is 47.5 Å². The lowest BCUT2D eigenvalue weighted by molar-refractivity contribution is -0.870. The van der Waals surface area contributed by atoms with Crippen LogP contribution in [0.1, 0.15) is 136 Å². The summed E-state index contributed by atoms with van der Waals surface area (Å²) < 4.78 is 34.1. The van der Waals surface area contributed by atoms with Crippen LogP contribution in [0.15, 0.2) is 85.1 Å². The molecular weight excluding hydrogens is 741 g/mol. The number of ether oxygens (including phenoxy) is 2. The highest BCUT2D eigenvalue weighted by Gasteiger charge is 2.27. The summed E-state index contributed by atoms with van der Waals surface area (Å²) in [5, 5.41) is 10.2. The topological polar surface area (TPSA) is 129 Å². The van der Waals surface area contributed by atoms with Gasteiger partial charge in [-0.15, -0.1) is 0 Å². The molecule has 11 heteroatoms. The molecular formula is C46H79NO9P+. The number of aliphatic hydroxyl groups excluding tert-OH is 1. The number of hydrogen-bond acceptors (Lipinski definition) is 8. The summed E-state index contributed by atoms with van der Waals surface area (Å²) >= 11 is 0. The van der Waals surface area contributed by atoms with Gasteiger partial charge in [0.25, 0.3) is 0 Å². The van der Waals surface area contributed by atoms with E-state index >= 15 is 0 Å². The van der Waals surface area contributed by atoms with E-state index in [1.807, 2.05) is 39.4 Å². The number of rotatable bonds is 37. The van der Waals surface area contributed by atoms with E-state index in [0.29, 0.717) is 36.7 Å². The number of allylic oxidation sites excluding steroid dienone is 12. The Morgan fingerprint density at radius 1 is 0.632 bits per heavy atom. The van der Waals surface area contributed by atoms with Crippen molar-refractivity contribution < 1.29 is 47.2 Å². The smallest absolute Gasteiger partial charge is 0.462 e. The SMILES string of the molecule is CCCCC/C=C\C/C=C\C/C=C\CCCCC(=O)OC[C@H](COP(=O)(O)OCC[N+](C)(C)C)OC(=O)CCC/C=C/C=C\C(O)C/C=C\C/C=C\CCCCC. The van der Waals surface area contributed by atoms with Crippen LogP contribution in [-0.2, 0) is 32.7 Å². The molecule has 0 radical (unpaired) electrons. The van der Waals surface area contributed by atoms with Crippen LogP contribution in [0, 0.1) is 0 Å². The fourth-order valence-electron chi connectivity index (χ4n) is 5.03. The highest BCUT2D eigenvalue weighted by Crippen LogP contribution is 2.43. The zero-order chi connectivity index (χ0) is 42.3. The van der Waals surface area contributed by atoms with Gasteiger partial charge in [-0.2, -0.15) is 0 Å². The van der Waals surface area contributed by atoms with Crippen molar-refractivity contribution in [3.05, 3.63) is 85.1 Å². The third-order valence-electron chi connectivity index (χ3n) is 8.48. The molecule has 0 spiro atoms. The summed E-state index contributed by atoms with van der Waals surface area (Å²) in [6.45, 7) is 4.12. The molecule has 10 nitrogen and oxygen atoms in total. The average molecular weight is 821 g/mol. The van der Waals surface area contributed by atoms with E-state index in [2.05, 4.69) is 68.5 Å². The van der Waals surface area contributed by atoms with Gasteiger partial charge in [-0.3, -0.25) is 18.6 Å². The third-order valence-corrected chi connectivity index (χ3v) is 9.46. The van der Waals surface area contributed by atoms with Crippen LogP contribution in [0.2, 0.25) is 0 Å². The van der Waals surface area contributed by atoms with Crippen LogP contribution in [0.5, 0.6) is 0 Å². The Morgan fingerprint density at radius 2 is 1.16 bits per heavy atom. The van der Waals surface area contributed by atoms with Crippen molar-refractivity contribution in [1.29, 1.82) is 0 Å². The lowest BCUT2D eigenvalue weighted by Gasteiger charge is -2.24. The van der Waals surface area contributed by atoms with Gasteiger partial charge in [-0.25, -0.2) is 4.57 Å². The molecule has 0 amide bonds. The zero-order valence-electron chi connectivity index (χ0n) is 36.1. The molecule has 0 aromatic rings. The number of unbranched alkanes of at least 4 members (excludes halogenated alkanes) is 9. The molecule has 0 rings (SSSR count). The fourth-order valence-corrected chi connectivity index (χ4v) is 5.77. The van der Waals surface area contributed by atoms with Gasteiger partial charge in [0.2, 0.25) is 0 Å². The zero-order valence-corrected chi connectivity index (χ0v) is 37.0. The van der Waals surface area contributed by atoms with E-state index in [1.54, 1.807) is 12.2 Å². The number of carbonyl (C=O) groups is 2. The van der Waals surface area contributed by atoms with Crippen LogP contribution in [0.4, 0.5) is 0 Å². The normalized spacial score (nSPS) is 15.0. The van der Waals surface area contributed by atoms with Crippen molar-refractivity contribution in [3.8, 4) is 0 Å². The molecule has 57 heavy (non-hydrogen) atoms. The van der Waals surface area contributed by atoms with E-state index in [-0.39, 0.29) is 26.1 Å². The first-order valence-electron chi connectivity index (χ1n) is 21.4. The number of phosphoric acid groups is 1. The van der Waals surface area contributed by atoms with Gasteiger partial charge >= 0.3 is 19.8 Å². The Bertz CT molecular complexity index is 1260. The van der Waals surface area contributed by atoms with Gasteiger partial charge in [0, 0.05) is 12.8 Å². The van der Waals surface area contributed by atoms with Gasteiger partial charge in [0.05, 0.1) is 33.9 Å². The van der Waals surface area contributed by atoms with E-state index < -0.39 is 38.6 Å². The molecule has 0 aromatic carbocycles. The van der Waals surface area contributed by atoms with Crippen molar-refractivity contribution in [2.24, 2.45) is 0 Å². The summed E-state index contributed by atoms with van der Waals surface area (Å²) in [7, 11) is 1.35. The maximum Gasteiger partial charge on any atom is 0.472 e. The predicted molar refractivity (Wildman–Crippen MR) is 235 cm³/mol. The van der Waals surface area contributed by atoms with E-state index in [1.165, 1.54) is 38.5 Å². The van der Waals surface area contributed by atoms with Crippen LogP contribution < -0.4 is 0 Å². The van der Waals surface area contributed by atoms with Gasteiger partial charge in [0.1, 0.15) is 19.8 Å². The second-order valence-corrected chi connectivity index (χ2v) is 16.7. The summed E-state index contributed by atoms with van der Waals surface area (Å²) in [5.74, 6) is -0.984. The Hall–Kier alpha value is -2.85. The van der Waals surface area contributed by atoms with Crippen LogP contribution >= 0.6 is 7.82 Å². The molecule has 0 saturated heterocycles. The quantitative estimate of drug-likeness (QED) is 0.0157. The van der Waals surface area contributed by atoms with Crippen molar-refractivity contribution in [2.45, 2.75) is 148 Å². The second-order valence-electron chi connectivity index (χ2n) is 15.2. The lowest BCUT2D eigenvalue weighted by Crippen LogP contribution is -2.37. The molecule has 0 aromatic heterocycles. The number of carbonyl (C=O) groups excluding carboxylic acids is 2. The summed E-state index contributed by atoms with van der Waals surface area (Å²) in [5.41, 5.74) is 0. The maximum atomic E-state index is 12.7. The minimum atomic E-state index is -4.42. The molecule has 0 fully saturated rings. The summed E-state index contributed by atoms with van der Waals surface area (Å²) in [6, 6.07) is 0. The Kier molecular flexibility index (Phi) is 35.6. The number of hydrogen-bond donors (Lipinski definition) is 2. The third kappa shape index (κ3) is 41.1. The average Bonchev–Trinajstić information content (AvgIpc) is 3.15. The largest absolute Gasteiger partial charge is 0.472 e. The highest BCUT2D eigenvalue weighted by molar-refractivity contribution is 7.47. The summed E-state index contributed by atoms with van der Waals surface area (Å²) in [4.78, 5) is 35.3. The number of aliphatic hydroxyl groups is 1. The van der Waals surface area contributed by atoms with E-state index in [9.17, 15) is 24.2 Å². The van der Waals surface area contributed by atoms with Crippen LogP contribution in [0.3, 0.4) is 0 Å². The molecule has 0 saturated carbocycles. The van der Waals surface area contributed by atoms with Gasteiger partial charge in [-0.1, -0.05) is 125 Å². The molecule has 0 bridgehead atoms. The van der Waals surface area contributed by atoms with Gasteiger partial charge in [0.15, 0.2) is 6.10 Å². The number of nitrogens with zero attached hydrogens (tertiary/aromatic N) is 1. The number of quaternary nitrogens is 1. The first-order chi connectivity index (χ1) is 27.4. The number of esters is 2. The maximum absolute atomic E-state index is 12.7. The first kappa shape index (κ1) is 54.2. The molecule has 0 heterocycles. The number of phosphoric ester groups is 1. The van der Waals surface area contributed by atoms with E-state index in [0.717, 1.165) is 44.9 Å². The molecule has 2 unspecified atom stereocenters. The number of likely N-dealkylation sites (N-methyl/N-ethyl adjacent to an activating group) is 1. The van der Waals surface area contributed by atoms with Crippen molar-refractivity contribution in [3.63, 3.8) is 0 Å². The Morgan fingerprint density at radius 3 is 1.74 bits per heavy atom. The highest BCUT2D eigenvalue weighted by atomic mass is 31.2. The van der Waals surface area contributed by atoms with Crippen LogP contribution in [-0.4, -0.2) is 86.1 Å². The lowest BCUT2D eigenvalue weighted by atomic mass is 10.1. The first-order valence-corrected chi connectivity index (χ1v) is 22.9. The Labute approximate surface area is 346 Å². The monoisotopic (exact) mass is 821 g/mol. The summed E-state index contributed by atoms with van der Waals surface area (Å²) in [6.07, 6.45) is 43.8. The molecule has 0 aliphatic rings. The van der Waals surface area contributed by atoms with E-state index in [4.69, 9.17) is 18.5 Å².